The van der Waals surface area contributed by atoms with Crippen LogP contribution >= 0.6 is 0 Å². The van der Waals surface area contributed by atoms with Gasteiger partial charge in [0.05, 0.1) is 0 Å². The summed E-state index contributed by atoms with van der Waals surface area (Å²) in [6, 6.07) is 1.72. The first-order chi connectivity index (χ1) is 8.47. The molecule has 0 saturated carbocycles. The molecule has 0 aromatic heterocycles. The SMILES string of the molecule is CC(C)C(C)N(C)C(=O)CC1CC2CCC(C1)N2. The zero-order valence-corrected chi connectivity index (χ0v) is 12.3. The minimum atomic E-state index is 0.336. The van der Waals surface area contributed by atoms with Gasteiger partial charge in [0.25, 0.3) is 0 Å². The van der Waals surface area contributed by atoms with Crippen LogP contribution in [0.3, 0.4) is 0 Å². The maximum atomic E-state index is 12.3. The van der Waals surface area contributed by atoms with Gasteiger partial charge in [-0.15, -0.1) is 0 Å². The molecule has 2 saturated heterocycles. The Bertz CT molecular complexity index is 291. The Labute approximate surface area is 111 Å². The van der Waals surface area contributed by atoms with Crippen LogP contribution in [0, 0.1) is 11.8 Å². The monoisotopic (exact) mass is 252 g/mol. The fourth-order valence-electron chi connectivity index (χ4n) is 3.41. The molecule has 2 rings (SSSR count). The average Bonchev–Trinajstić information content (AvgIpc) is 2.66. The lowest BCUT2D eigenvalue weighted by Gasteiger charge is -2.32. The normalized spacial score (nSPS) is 32.6. The highest BCUT2D eigenvalue weighted by Gasteiger charge is 2.34. The summed E-state index contributed by atoms with van der Waals surface area (Å²) in [4.78, 5) is 14.2. The number of piperidine rings is 1. The number of hydrogen-bond acceptors (Lipinski definition) is 2. The first-order valence-corrected chi connectivity index (χ1v) is 7.49. The number of amides is 1. The smallest absolute Gasteiger partial charge is 0.222 e. The van der Waals surface area contributed by atoms with Crippen LogP contribution < -0.4 is 5.32 Å². The second kappa shape index (κ2) is 5.60. The number of fused-ring (bicyclic) bond motifs is 2. The van der Waals surface area contributed by atoms with Gasteiger partial charge in [0, 0.05) is 31.6 Å². The fraction of sp³-hybridized carbons (Fsp3) is 0.933. The summed E-state index contributed by atoms with van der Waals surface area (Å²) in [6.07, 6.45) is 5.78. The molecule has 3 nitrogen and oxygen atoms in total. The van der Waals surface area contributed by atoms with Crippen molar-refractivity contribution in [2.24, 2.45) is 11.8 Å². The predicted molar refractivity (Wildman–Crippen MR) is 74.4 cm³/mol. The van der Waals surface area contributed by atoms with Crippen molar-refractivity contribution in [2.45, 2.75) is 71.0 Å². The molecule has 3 atom stereocenters. The van der Waals surface area contributed by atoms with Crippen LogP contribution in [-0.4, -0.2) is 36.0 Å². The van der Waals surface area contributed by atoms with Gasteiger partial charge in [-0.3, -0.25) is 4.79 Å². The largest absolute Gasteiger partial charge is 0.343 e. The highest BCUT2D eigenvalue weighted by Crippen LogP contribution is 2.33. The van der Waals surface area contributed by atoms with Crippen LogP contribution in [0.4, 0.5) is 0 Å². The molecule has 3 heteroatoms. The summed E-state index contributed by atoms with van der Waals surface area (Å²) in [5, 5.41) is 3.64. The van der Waals surface area contributed by atoms with Crippen molar-refractivity contribution < 1.29 is 4.79 Å². The molecule has 1 amide bonds. The molecular weight excluding hydrogens is 224 g/mol. The van der Waals surface area contributed by atoms with Crippen molar-refractivity contribution in [3.05, 3.63) is 0 Å². The summed E-state index contributed by atoms with van der Waals surface area (Å²) in [7, 11) is 1.96. The Morgan fingerprint density at radius 3 is 2.28 bits per heavy atom. The van der Waals surface area contributed by atoms with Gasteiger partial charge in [-0.05, 0) is 44.4 Å². The van der Waals surface area contributed by atoms with Crippen molar-refractivity contribution in [1.29, 1.82) is 0 Å². The van der Waals surface area contributed by atoms with Crippen molar-refractivity contribution in [3.63, 3.8) is 0 Å². The summed E-state index contributed by atoms with van der Waals surface area (Å²) >= 11 is 0. The van der Waals surface area contributed by atoms with Crippen LogP contribution in [0.25, 0.3) is 0 Å². The molecule has 0 spiro atoms. The average molecular weight is 252 g/mol. The lowest BCUT2D eigenvalue weighted by molar-refractivity contribution is -0.133. The maximum Gasteiger partial charge on any atom is 0.222 e. The highest BCUT2D eigenvalue weighted by atomic mass is 16.2. The van der Waals surface area contributed by atoms with Gasteiger partial charge in [0.15, 0.2) is 0 Å². The Kier molecular flexibility index (Phi) is 4.31. The summed E-state index contributed by atoms with van der Waals surface area (Å²) < 4.78 is 0. The van der Waals surface area contributed by atoms with Gasteiger partial charge in [0.1, 0.15) is 0 Å². The Balaban J connectivity index is 1.84. The minimum Gasteiger partial charge on any atom is -0.343 e. The van der Waals surface area contributed by atoms with E-state index in [1.165, 1.54) is 25.7 Å². The van der Waals surface area contributed by atoms with E-state index in [0.717, 1.165) is 6.42 Å². The van der Waals surface area contributed by atoms with Gasteiger partial charge in [-0.25, -0.2) is 0 Å². The van der Waals surface area contributed by atoms with Gasteiger partial charge < -0.3 is 10.2 Å². The van der Waals surface area contributed by atoms with Crippen molar-refractivity contribution in [2.75, 3.05) is 7.05 Å². The van der Waals surface area contributed by atoms with Gasteiger partial charge in [0.2, 0.25) is 5.91 Å². The Morgan fingerprint density at radius 2 is 1.78 bits per heavy atom. The van der Waals surface area contributed by atoms with Gasteiger partial charge in [-0.2, -0.15) is 0 Å². The van der Waals surface area contributed by atoms with Crippen LogP contribution in [0.2, 0.25) is 0 Å². The molecule has 2 fully saturated rings. The van der Waals surface area contributed by atoms with E-state index in [2.05, 4.69) is 26.1 Å². The standard InChI is InChI=1S/C15H28N2O/c1-10(2)11(3)17(4)15(18)9-12-7-13-5-6-14(8-12)16-13/h10-14,16H,5-9H2,1-4H3. The molecule has 0 aliphatic carbocycles. The Hall–Kier alpha value is -0.570. The quantitative estimate of drug-likeness (QED) is 0.833. The fourth-order valence-corrected chi connectivity index (χ4v) is 3.41. The minimum absolute atomic E-state index is 0.336. The molecule has 2 aliphatic rings. The molecule has 2 aliphatic heterocycles. The van der Waals surface area contributed by atoms with E-state index in [0.29, 0.717) is 35.9 Å². The van der Waals surface area contributed by atoms with Gasteiger partial charge >= 0.3 is 0 Å². The van der Waals surface area contributed by atoms with E-state index in [9.17, 15) is 4.79 Å². The van der Waals surface area contributed by atoms with E-state index in [-0.39, 0.29) is 0 Å². The number of carbonyl (C=O) groups excluding carboxylic acids is 1. The predicted octanol–water partition coefficient (Wildman–Crippen LogP) is 2.41. The molecular formula is C15H28N2O. The van der Waals surface area contributed by atoms with E-state index in [1.54, 1.807) is 0 Å². The molecule has 104 valence electrons. The van der Waals surface area contributed by atoms with Gasteiger partial charge in [-0.1, -0.05) is 13.8 Å². The third-order valence-corrected chi connectivity index (χ3v) is 5.00. The molecule has 2 heterocycles. The van der Waals surface area contributed by atoms with Crippen molar-refractivity contribution in [1.82, 2.24) is 10.2 Å². The number of nitrogens with one attached hydrogen (secondary N) is 1. The molecule has 1 N–H and O–H groups in total. The molecule has 3 unspecified atom stereocenters. The molecule has 0 aromatic rings. The first-order valence-electron chi connectivity index (χ1n) is 7.49. The van der Waals surface area contributed by atoms with Crippen molar-refractivity contribution in [3.8, 4) is 0 Å². The molecule has 0 aromatic carbocycles. The molecule has 18 heavy (non-hydrogen) atoms. The summed E-state index contributed by atoms with van der Waals surface area (Å²) in [5.41, 5.74) is 0. The maximum absolute atomic E-state index is 12.3. The van der Waals surface area contributed by atoms with Crippen molar-refractivity contribution >= 4 is 5.91 Å². The summed E-state index contributed by atoms with van der Waals surface area (Å²) in [6.45, 7) is 6.51. The molecule has 2 bridgehead atoms. The number of carbonyl (C=O) groups is 1. The topological polar surface area (TPSA) is 32.3 Å². The van der Waals surface area contributed by atoms with E-state index in [4.69, 9.17) is 0 Å². The van der Waals surface area contributed by atoms with E-state index < -0.39 is 0 Å². The van der Waals surface area contributed by atoms with Crippen LogP contribution in [0.15, 0.2) is 0 Å². The third kappa shape index (κ3) is 3.05. The molecule has 0 radical (unpaired) electrons. The third-order valence-electron chi connectivity index (χ3n) is 5.00. The zero-order chi connectivity index (χ0) is 13.3. The second-order valence-corrected chi connectivity index (χ2v) is 6.67. The number of nitrogens with zero attached hydrogens (tertiary/aromatic N) is 1. The number of hydrogen-bond donors (Lipinski definition) is 1. The number of rotatable bonds is 4. The lowest BCUT2D eigenvalue weighted by atomic mass is 9.89. The highest BCUT2D eigenvalue weighted by molar-refractivity contribution is 5.76. The lowest BCUT2D eigenvalue weighted by Crippen LogP contribution is -2.42. The summed E-state index contributed by atoms with van der Waals surface area (Å²) in [5.74, 6) is 1.48. The van der Waals surface area contributed by atoms with E-state index in [1.807, 2.05) is 11.9 Å². The van der Waals surface area contributed by atoms with Crippen LogP contribution in [0.5, 0.6) is 0 Å². The van der Waals surface area contributed by atoms with Crippen LogP contribution in [0.1, 0.15) is 52.9 Å². The second-order valence-electron chi connectivity index (χ2n) is 6.67. The first kappa shape index (κ1) is 13.9. The Morgan fingerprint density at radius 1 is 1.22 bits per heavy atom. The van der Waals surface area contributed by atoms with E-state index >= 15 is 0 Å². The zero-order valence-electron chi connectivity index (χ0n) is 12.3. The van der Waals surface area contributed by atoms with Crippen LogP contribution in [-0.2, 0) is 4.79 Å².